The molecule has 0 spiro atoms. The van der Waals surface area contributed by atoms with Crippen molar-refractivity contribution in [1.29, 1.82) is 0 Å². The number of nitrogens with one attached hydrogen (secondary N) is 2. The number of urea groups is 1. The highest BCUT2D eigenvalue weighted by atomic mass is 32.2. The summed E-state index contributed by atoms with van der Waals surface area (Å²) in [6.07, 6.45) is 4.22. The van der Waals surface area contributed by atoms with Gasteiger partial charge in [-0.2, -0.15) is 4.31 Å². The van der Waals surface area contributed by atoms with E-state index in [0.717, 1.165) is 31.2 Å². The van der Waals surface area contributed by atoms with Crippen molar-refractivity contribution in [3.8, 4) is 0 Å². The first-order valence-electron chi connectivity index (χ1n) is 10.3. The molecular formula is C20H30N4O4S. The molecule has 3 amide bonds. The van der Waals surface area contributed by atoms with Crippen LogP contribution in [0.3, 0.4) is 0 Å². The maximum atomic E-state index is 13.1. The number of benzene rings is 1. The first-order chi connectivity index (χ1) is 13.8. The third kappa shape index (κ3) is 4.96. The molecule has 0 radical (unpaired) electrons. The molecule has 1 aliphatic carbocycles. The van der Waals surface area contributed by atoms with Crippen molar-refractivity contribution in [3.63, 3.8) is 0 Å². The van der Waals surface area contributed by atoms with E-state index < -0.39 is 22.1 Å². The van der Waals surface area contributed by atoms with E-state index in [-0.39, 0.29) is 5.91 Å². The minimum absolute atomic E-state index is 0.318. The Hall–Kier alpha value is -1.97. The van der Waals surface area contributed by atoms with Crippen molar-refractivity contribution < 1.29 is 18.0 Å². The molecule has 0 aromatic heterocycles. The van der Waals surface area contributed by atoms with Crippen LogP contribution in [0.15, 0.2) is 23.1 Å². The second-order valence-corrected chi connectivity index (χ2v) is 9.54. The Morgan fingerprint density at radius 1 is 1.07 bits per heavy atom. The number of hydrogen-bond acceptors (Lipinski definition) is 5. The zero-order chi connectivity index (χ0) is 21.0. The summed E-state index contributed by atoms with van der Waals surface area (Å²) < 4.78 is 27.6. The number of carbonyl (C=O) groups is 2. The number of amides is 3. The van der Waals surface area contributed by atoms with Crippen LogP contribution in [0.1, 0.15) is 37.8 Å². The number of rotatable bonds is 5. The highest BCUT2D eigenvalue weighted by Gasteiger charge is 2.32. The van der Waals surface area contributed by atoms with Gasteiger partial charge in [0.05, 0.1) is 10.9 Å². The lowest BCUT2D eigenvalue weighted by atomic mass is 9.92. The van der Waals surface area contributed by atoms with Crippen molar-refractivity contribution in [2.75, 3.05) is 32.7 Å². The number of nitrogens with zero attached hydrogens (tertiary/aromatic N) is 2. The van der Waals surface area contributed by atoms with Crippen molar-refractivity contribution >= 4 is 22.0 Å². The molecular weight excluding hydrogens is 392 g/mol. The van der Waals surface area contributed by atoms with E-state index >= 15 is 0 Å². The lowest BCUT2D eigenvalue weighted by molar-refractivity contribution is -0.125. The third-order valence-electron chi connectivity index (χ3n) is 5.73. The van der Waals surface area contributed by atoms with Crippen molar-refractivity contribution in [2.24, 2.45) is 0 Å². The van der Waals surface area contributed by atoms with Gasteiger partial charge in [-0.25, -0.2) is 13.2 Å². The van der Waals surface area contributed by atoms with Crippen LogP contribution in [0.2, 0.25) is 0 Å². The molecule has 29 heavy (non-hydrogen) atoms. The van der Waals surface area contributed by atoms with Gasteiger partial charge in [-0.3, -0.25) is 15.0 Å². The highest BCUT2D eigenvalue weighted by Crippen LogP contribution is 2.26. The largest absolute Gasteiger partial charge is 0.338 e. The molecule has 1 heterocycles. The maximum Gasteiger partial charge on any atom is 0.321 e. The fourth-order valence-corrected chi connectivity index (χ4v) is 5.41. The molecule has 1 fully saturated rings. The molecule has 1 aromatic rings. The molecule has 1 atom stereocenters. The minimum atomic E-state index is -3.55. The Bertz CT molecular complexity index is 863. The van der Waals surface area contributed by atoms with Gasteiger partial charge in [-0.15, -0.1) is 0 Å². The molecule has 2 N–H and O–H groups in total. The van der Waals surface area contributed by atoms with E-state index in [4.69, 9.17) is 0 Å². The normalized spacial score (nSPS) is 19.2. The Labute approximate surface area is 172 Å². The molecule has 1 aromatic carbocycles. The second-order valence-electron chi connectivity index (χ2n) is 7.60. The fourth-order valence-electron chi connectivity index (χ4n) is 3.94. The van der Waals surface area contributed by atoms with Gasteiger partial charge in [-0.1, -0.05) is 6.07 Å². The Morgan fingerprint density at radius 2 is 1.72 bits per heavy atom. The van der Waals surface area contributed by atoms with Gasteiger partial charge in [0.15, 0.2) is 0 Å². The summed E-state index contributed by atoms with van der Waals surface area (Å²) in [4.78, 5) is 26.0. The summed E-state index contributed by atoms with van der Waals surface area (Å²) in [5, 5.41) is 4.84. The first-order valence-corrected chi connectivity index (χ1v) is 11.7. The average Bonchev–Trinajstić information content (AvgIpc) is 2.73. The van der Waals surface area contributed by atoms with Gasteiger partial charge < -0.3 is 5.32 Å². The Morgan fingerprint density at radius 3 is 2.38 bits per heavy atom. The fraction of sp³-hybridized carbons (Fsp3) is 0.600. The van der Waals surface area contributed by atoms with Crippen LogP contribution < -0.4 is 10.6 Å². The molecule has 9 heteroatoms. The van der Waals surface area contributed by atoms with Crippen LogP contribution in [-0.4, -0.2) is 68.3 Å². The SMILES string of the molecule is CCNC(=O)NC(=O)C(C)N1CCN(S(=O)(=O)c2ccc3c(c2)CCCC3)CC1. The smallest absolute Gasteiger partial charge is 0.321 e. The van der Waals surface area contributed by atoms with Crippen molar-refractivity contribution in [1.82, 2.24) is 19.8 Å². The van der Waals surface area contributed by atoms with E-state index in [1.165, 1.54) is 9.87 Å². The zero-order valence-electron chi connectivity index (χ0n) is 17.1. The van der Waals surface area contributed by atoms with E-state index in [1.807, 2.05) is 17.0 Å². The Balaban J connectivity index is 1.61. The van der Waals surface area contributed by atoms with Crippen LogP contribution in [0.4, 0.5) is 4.79 Å². The number of hydrogen-bond donors (Lipinski definition) is 2. The number of fused-ring (bicyclic) bond motifs is 1. The topological polar surface area (TPSA) is 98.8 Å². The second kappa shape index (κ2) is 9.23. The highest BCUT2D eigenvalue weighted by molar-refractivity contribution is 7.89. The van der Waals surface area contributed by atoms with Crippen molar-refractivity contribution in [2.45, 2.75) is 50.5 Å². The number of sulfonamides is 1. The molecule has 1 unspecified atom stereocenters. The molecule has 1 saturated heterocycles. The summed E-state index contributed by atoms with van der Waals surface area (Å²) >= 11 is 0. The number of aryl methyl sites for hydroxylation is 2. The van der Waals surface area contributed by atoms with Crippen LogP contribution >= 0.6 is 0 Å². The third-order valence-corrected chi connectivity index (χ3v) is 7.63. The van der Waals surface area contributed by atoms with Gasteiger partial charge in [0.25, 0.3) is 0 Å². The summed E-state index contributed by atoms with van der Waals surface area (Å²) in [7, 11) is -3.55. The molecule has 8 nitrogen and oxygen atoms in total. The lowest BCUT2D eigenvalue weighted by Gasteiger charge is -2.36. The number of carbonyl (C=O) groups excluding carboxylic acids is 2. The molecule has 0 bridgehead atoms. The van der Waals surface area contributed by atoms with Gasteiger partial charge in [0.2, 0.25) is 15.9 Å². The van der Waals surface area contributed by atoms with Gasteiger partial charge >= 0.3 is 6.03 Å². The summed E-state index contributed by atoms with van der Waals surface area (Å²) in [6.45, 7) is 5.45. The summed E-state index contributed by atoms with van der Waals surface area (Å²) in [6, 6.07) is 4.47. The molecule has 0 saturated carbocycles. The lowest BCUT2D eigenvalue weighted by Crippen LogP contribution is -2.56. The predicted molar refractivity (Wildman–Crippen MR) is 110 cm³/mol. The standard InChI is InChI=1S/C20H30N4O4S/c1-3-21-20(26)22-19(25)15(2)23-10-12-24(13-11-23)29(27,28)18-9-8-16-6-4-5-7-17(16)14-18/h8-9,14-15H,3-7,10-13H2,1-2H3,(H2,21,22,25,26). The monoisotopic (exact) mass is 422 g/mol. The molecule has 1 aliphatic heterocycles. The summed E-state index contributed by atoms with van der Waals surface area (Å²) in [5.74, 6) is -0.387. The maximum absolute atomic E-state index is 13.1. The van der Waals surface area contributed by atoms with Crippen LogP contribution in [0, 0.1) is 0 Å². The van der Waals surface area contributed by atoms with E-state index in [0.29, 0.717) is 37.6 Å². The van der Waals surface area contributed by atoms with Crippen LogP contribution in [-0.2, 0) is 27.7 Å². The molecule has 160 valence electrons. The Kier molecular flexibility index (Phi) is 6.92. The van der Waals surface area contributed by atoms with Gasteiger partial charge in [0, 0.05) is 32.7 Å². The number of imide groups is 1. The van der Waals surface area contributed by atoms with Crippen LogP contribution in [0.5, 0.6) is 0 Å². The van der Waals surface area contributed by atoms with E-state index in [2.05, 4.69) is 10.6 Å². The first kappa shape index (κ1) is 21.7. The zero-order valence-corrected chi connectivity index (χ0v) is 17.9. The molecule has 2 aliphatic rings. The van der Waals surface area contributed by atoms with E-state index in [1.54, 1.807) is 19.9 Å². The summed E-state index contributed by atoms with van der Waals surface area (Å²) in [5.41, 5.74) is 2.40. The van der Waals surface area contributed by atoms with Crippen LogP contribution in [0.25, 0.3) is 0 Å². The quantitative estimate of drug-likeness (QED) is 0.741. The number of piperazine rings is 1. The predicted octanol–water partition coefficient (Wildman–Crippen LogP) is 1.11. The van der Waals surface area contributed by atoms with Crippen molar-refractivity contribution in [3.05, 3.63) is 29.3 Å². The van der Waals surface area contributed by atoms with Gasteiger partial charge in [0.1, 0.15) is 0 Å². The average molecular weight is 423 g/mol. The molecule has 3 rings (SSSR count). The van der Waals surface area contributed by atoms with Gasteiger partial charge in [-0.05, 0) is 62.8 Å². The van der Waals surface area contributed by atoms with E-state index in [9.17, 15) is 18.0 Å². The minimum Gasteiger partial charge on any atom is -0.338 e.